The van der Waals surface area contributed by atoms with Gasteiger partial charge in [-0.3, -0.25) is 0 Å². The lowest BCUT2D eigenvalue weighted by atomic mass is 9.94. The molecule has 1 aliphatic rings. The van der Waals surface area contributed by atoms with Crippen molar-refractivity contribution in [2.75, 3.05) is 6.54 Å². The number of hydrogen-bond donors (Lipinski definition) is 1. The zero-order valence-corrected chi connectivity index (χ0v) is 13.8. The van der Waals surface area contributed by atoms with Gasteiger partial charge in [0.25, 0.3) is 0 Å². The van der Waals surface area contributed by atoms with Gasteiger partial charge in [-0.2, -0.15) is 0 Å². The number of ether oxygens (including phenoxy) is 1. The van der Waals surface area contributed by atoms with Gasteiger partial charge in [0.05, 0.1) is 6.10 Å². The Balaban J connectivity index is 2.02. The van der Waals surface area contributed by atoms with E-state index in [1.807, 2.05) is 51.1 Å². The van der Waals surface area contributed by atoms with Gasteiger partial charge in [0, 0.05) is 12.6 Å². The first-order valence-corrected chi connectivity index (χ1v) is 8.09. The van der Waals surface area contributed by atoms with Gasteiger partial charge in [-0.05, 0) is 52.0 Å². The van der Waals surface area contributed by atoms with Crippen molar-refractivity contribution >= 4 is 6.09 Å². The van der Waals surface area contributed by atoms with E-state index in [1.54, 1.807) is 4.90 Å². The molecule has 0 spiro atoms. The molecule has 0 unspecified atom stereocenters. The normalized spacial score (nSPS) is 20.5. The van der Waals surface area contributed by atoms with E-state index < -0.39 is 11.7 Å². The molecule has 0 aliphatic carbocycles. The maximum atomic E-state index is 12.4. The molecule has 2 rings (SSSR count). The fourth-order valence-electron chi connectivity index (χ4n) is 2.88. The molecule has 0 saturated carbocycles. The molecule has 1 saturated heterocycles. The lowest BCUT2D eigenvalue weighted by Gasteiger charge is -2.37. The molecule has 122 valence electrons. The third kappa shape index (κ3) is 4.73. The van der Waals surface area contributed by atoms with Gasteiger partial charge in [-0.25, -0.2) is 4.79 Å². The van der Waals surface area contributed by atoms with E-state index in [-0.39, 0.29) is 12.1 Å². The molecule has 4 nitrogen and oxygen atoms in total. The molecule has 1 heterocycles. The first-order chi connectivity index (χ1) is 10.4. The molecular weight excluding hydrogens is 278 g/mol. The fraction of sp³-hybridized carbons (Fsp3) is 0.611. The summed E-state index contributed by atoms with van der Waals surface area (Å²) in [6.07, 6.45) is 2.75. The smallest absolute Gasteiger partial charge is 0.410 e. The van der Waals surface area contributed by atoms with Crippen molar-refractivity contribution < 1.29 is 14.6 Å². The van der Waals surface area contributed by atoms with Crippen LogP contribution in [0.5, 0.6) is 0 Å². The third-order valence-electron chi connectivity index (χ3n) is 3.93. The summed E-state index contributed by atoms with van der Waals surface area (Å²) >= 11 is 0. The number of carbonyl (C=O) groups excluding carboxylic acids is 1. The predicted octanol–water partition coefficient (Wildman–Crippen LogP) is 3.90. The second kappa shape index (κ2) is 7.14. The van der Waals surface area contributed by atoms with Crippen molar-refractivity contribution in [1.29, 1.82) is 0 Å². The summed E-state index contributed by atoms with van der Waals surface area (Å²) in [4.78, 5) is 14.2. The number of carbonyl (C=O) groups is 1. The number of piperidine rings is 1. The molecule has 0 radical (unpaired) electrons. The lowest BCUT2D eigenvalue weighted by Crippen LogP contribution is -2.46. The summed E-state index contributed by atoms with van der Waals surface area (Å²) in [6, 6.07) is 9.66. The van der Waals surface area contributed by atoms with E-state index >= 15 is 0 Å². The van der Waals surface area contributed by atoms with Crippen LogP contribution < -0.4 is 0 Å². The summed E-state index contributed by atoms with van der Waals surface area (Å²) in [5.74, 6) is 0. The Kier molecular flexibility index (Phi) is 5.46. The number of nitrogens with zero attached hydrogens (tertiary/aromatic N) is 1. The third-order valence-corrected chi connectivity index (χ3v) is 3.93. The minimum absolute atomic E-state index is 0.0406. The van der Waals surface area contributed by atoms with Gasteiger partial charge in [0.1, 0.15) is 5.60 Å². The van der Waals surface area contributed by atoms with Crippen LogP contribution in [0.2, 0.25) is 0 Å². The topological polar surface area (TPSA) is 49.8 Å². The van der Waals surface area contributed by atoms with E-state index in [0.717, 1.165) is 24.8 Å². The number of rotatable bonds is 3. The summed E-state index contributed by atoms with van der Waals surface area (Å²) < 4.78 is 5.50. The van der Waals surface area contributed by atoms with Crippen molar-refractivity contribution in [3.05, 3.63) is 35.9 Å². The van der Waals surface area contributed by atoms with E-state index in [1.165, 1.54) is 0 Å². The van der Waals surface area contributed by atoms with Crippen LogP contribution in [-0.2, 0) is 4.74 Å². The minimum atomic E-state index is -0.547. The molecule has 0 bridgehead atoms. The van der Waals surface area contributed by atoms with Crippen molar-refractivity contribution in [2.24, 2.45) is 0 Å². The maximum Gasteiger partial charge on any atom is 0.410 e. The van der Waals surface area contributed by atoms with E-state index in [4.69, 9.17) is 4.74 Å². The minimum Gasteiger partial charge on any atom is -0.444 e. The quantitative estimate of drug-likeness (QED) is 0.921. The Hall–Kier alpha value is -1.55. The highest BCUT2D eigenvalue weighted by atomic mass is 16.6. The Morgan fingerprint density at radius 2 is 2.00 bits per heavy atom. The Morgan fingerprint density at radius 1 is 1.32 bits per heavy atom. The number of hydrogen-bond acceptors (Lipinski definition) is 3. The highest BCUT2D eigenvalue weighted by molar-refractivity contribution is 5.68. The highest BCUT2D eigenvalue weighted by Gasteiger charge is 2.31. The number of likely N-dealkylation sites (tertiary alicyclic amines) is 1. The average Bonchev–Trinajstić information content (AvgIpc) is 2.47. The number of aliphatic hydroxyl groups is 1. The van der Waals surface area contributed by atoms with Crippen LogP contribution in [0, 0.1) is 0 Å². The molecule has 1 fully saturated rings. The van der Waals surface area contributed by atoms with Crippen LogP contribution in [0.15, 0.2) is 30.3 Å². The van der Waals surface area contributed by atoms with E-state index in [2.05, 4.69) is 0 Å². The van der Waals surface area contributed by atoms with E-state index in [9.17, 15) is 9.90 Å². The standard InChI is InChI=1S/C18H27NO3/c1-18(2,3)22-17(21)19-12-8-7-11-15(19)13-16(20)14-9-5-4-6-10-14/h4-6,9-10,15-16,20H,7-8,11-13H2,1-3H3/t15-,16-/m1/s1. The Labute approximate surface area is 133 Å². The van der Waals surface area contributed by atoms with Crippen LogP contribution >= 0.6 is 0 Å². The van der Waals surface area contributed by atoms with Gasteiger partial charge in [-0.1, -0.05) is 30.3 Å². The van der Waals surface area contributed by atoms with Crippen LogP contribution in [0.3, 0.4) is 0 Å². The van der Waals surface area contributed by atoms with Crippen molar-refractivity contribution in [2.45, 2.75) is 64.2 Å². The molecule has 0 aromatic heterocycles. The largest absolute Gasteiger partial charge is 0.444 e. The van der Waals surface area contributed by atoms with Gasteiger partial charge in [0.15, 0.2) is 0 Å². The average molecular weight is 305 g/mol. The second-order valence-corrected chi connectivity index (χ2v) is 6.99. The van der Waals surface area contributed by atoms with Crippen LogP contribution in [0.25, 0.3) is 0 Å². The maximum absolute atomic E-state index is 12.4. The molecule has 1 aromatic rings. The summed E-state index contributed by atoms with van der Waals surface area (Å²) in [5.41, 5.74) is 0.411. The van der Waals surface area contributed by atoms with Crippen LogP contribution in [0.1, 0.15) is 58.1 Å². The van der Waals surface area contributed by atoms with Crippen LogP contribution in [0.4, 0.5) is 4.79 Å². The summed E-state index contributed by atoms with van der Waals surface area (Å²) in [5, 5.41) is 10.4. The number of amides is 1. The summed E-state index contributed by atoms with van der Waals surface area (Å²) in [7, 11) is 0. The SMILES string of the molecule is CC(C)(C)OC(=O)N1CCCC[C@@H]1C[C@@H](O)c1ccccc1. The first kappa shape index (κ1) is 16.8. The monoisotopic (exact) mass is 305 g/mol. The van der Waals surface area contributed by atoms with Crippen LogP contribution in [-0.4, -0.2) is 34.3 Å². The Bertz CT molecular complexity index is 481. The van der Waals surface area contributed by atoms with Crippen molar-refractivity contribution in [3.63, 3.8) is 0 Å². The number of benzene rings is 1. The fourth-order valence-corrected chi connectivity index (χ4v) is 2.88. The molecule has 1 amide bonds. The number of aliphatic hydroxyl groups excluding tert-OH is 1. The molecule has 2 atom stereocenters. The highest BCUT2D eigenvalue weighted by Crippen LogP contribution is 2.28. The molecule has 4 heteroatoms. The van der Waals surface area contributed by atoms with Gasteiger partial charge in [0.2, 0.25) is 0 Å². The zero-order chi connectivity index (χ0) is 16.2. The van der Waals surface area contributed by atoms with Gasteiger partial charge < -0.3 is 14.7 Å². The van der Waals surface area contributed by atoms with Gasteiger partial charge in [-0.15, -0.1) is 0 Å². The van der Waals surface area contributed by atoms with Gasteiger partial charge >= 0.3 is 6.09 Å². The molecular formula is C18H27NO3. The molecule has 1 aromatic carbocycles. The van der Waals surface area contributed by atoms with E-state index in [0.29, 0.717) is 13.0 Å². The van der Waals surface area contributed by atoms with Crippen molar-refractivity contribution in [1.82, 2.24) is 4.90 Å². The molecule has 1 aliphatic heterocycles. The second-order valence-electron chi connectivity index (χ2n) is 6.99. The lowest BCUT2D eigenvalue weighted by molar-refractivity contribution is 0.00237. The first-order valence-electron chi connectivity index (χ1n) is 8.09. The summed E-state index contributed by atoms with van der Waals surface area (Å²) in [6.45, 7) is 6.34. The molecule has 22 heavy (non-hydrogen) atoms. The zero-order valence-electron chi connectivity index (χ0n) is 13.8. The molecule has 1 N–H and O–H groups in total. The Morgan fingerprint density at radius 3 is 2.64 bits per heavy atom. The predicted molar refractivity (Wildman–Crippen MR) is 86.6 cm³/mol. The van der Waals surface area contributed by atoms with Crippen molar-refractivity contribution in [3.8, 4) is 0 Å².